The Kier molecular flexibility index (Phi) is 2.76. The van der Waals surface area contributed by atoms with Crippen molar-refractivity contribution in [2.45, 2.75) is 6.42 Å². The van der Waals surface area contributed by atoms with Gasteiger partial charge in [-0.3, -0.25) is 4.79 Å². The molecule has 0 atom stereocenters. The molecule has 16 heavy (non-hydrogen) atoms. The Labute approximate surface area is 93.3 Å². The Balaban J connectivity index is 2.35. The number of ether oxygens (including phenoxy) is 2. The van der Waals surface area contributed by atoms with E-state index in [9.17, 15) is 4.79 Å². The molecule has 0 unspecified atom stereocenters. The largest absolute Gasteiger partial charge is 0.493 e. The van der Waals surface area contributed by atoms with Crippen molar-refractivity contribution < 1.29 is 14.3 Å². The van der Waals surface area contributed by atoms with E-state index in [1.54, 1.807) is 38.6 Å². The van der Waals surface area contributed by atoms with Crippen molar-refractivity contribution >= 4 is 17.8 Å². The van der Waals surface area contributed by atoms with Crippen LogP contribution in [-0.4, -0.2) is 26.3 Å². The van der Waals surface area contributed by atoms with Gasteiger partial charge in [0, 0.05) is 12.3 Å². The van der Waals surface area contributed by atoms with Gasteiger partial charge in [0.2, 0.25) is 0 Å². The van der Waals surface area contributed by atoms with Crippen LogP contribution in [0.3, 0.4) is 0 Å². The van der Waals surface area contributed by atoms with E-state index in [0.717, 1.165) is 0 Å². The third kappa shape index (κ3) is 1.71. The molecular formula is C11H12N2O3. The van der Waals surface area contributed by atoms with Crippen molar-refractivity contribution in [1.29, 1.82) is 0 Å². The number of carbonyl (C=O) groups is 1. The molecule has 0 aromatic heterocycles. The van der Waals surface area contributed by atoms with Gasteiger partial charge >= 0.3 is 0 Å². The van der Waals surface area contributed by atoms with Crippen LogP contribution < -0.4 is 14.5 Å². The fourth-order valence-corrected chi connectivity index (χ4v) is 1.52. The Morgan fingerprint density at radius 2 is 2.00 bits per heavy atom. The highest BCUT2D eigenvalue weighted by Crippen LogP contribution is 2.32. The first kappa shape index (κ1) is 10.5. The molecule has 2 rings (SSSR count). The van der Waals surface area contributed by atoms with Crippen molar-refractivity contribution in [3.63, 3.8) is 0 Å². The van der Waals surface area contributed by atoms with Gasteiger partial charge in [-0.2, -0.15) is 5.10 Å². The maximum atomic E-state index is 11.5. The summed E-state index contributed by atoms with van der Waals surface area (Å²) >= 11 is 0. The molecule has 0 bridgehead atoms. The van der Waals surface area contributed by atoms with Gasteiger partial charge in [-0.1, -0.05) is 0 Å². The maximum absolute atomic E-state index is 11.5. The molecule has 0 saturated carbocycles. The molecule has 1 aliphatic heterocycles. The summed E-state index contributed by atoms with van der Waals surface area (Å²) in [7, 11) is 3.12. The van der Waals surface area contributed by atoms with Gasteiger partial charge in [0.25, 0.3) is 5.91 Å². The lowest BCUT2D eigenvalue weighted by molar-refractivity contribution is -0.116. The number of anilines is 1. The SMILES string of the molecule is COc1ccc(N2N=CCC2=O)cc1OC. The van der Waals surface area contributed by atoms with Gasteiger partial charge in [0.15, 0.2) is 11.5 Å². The first-order valence-corrected chi connectivity index (χ1v) is 4.83. The molecule has 0 saturated heterocycles. The summed E-state index contributed by atoms with van der Waals surface area (Å²) in [6.07, 6.45) is 1.92. The van der Waals surface area contributed by atoms with Crippen LogP contribution in [0.5, 0.6) is 11.5 Å². The van der Waals surface area contributed by atoms with Crippen molar-refractivity contribution in [3.8, 4) is 11.5 Å². The van der Waals surface area contributed by atoms with E-state index in [2.05, 4.69) is 5.10 Å². The number of hydrogen-bond acceptors (Lipinski definition) is 4. The second-order valence-electron chi connectivity index (χ2n) is 3.25. The Morgan fingerprint density at radius 1 is 1.25 bits per heavy atom. The van der Waals surface area contributed by atoms with Crippen LogP contribution in [0.25, 0.3) is 0 Å². The van der Waals surface area contributed by atoms with Crippen molar-refractivity contribution in [1.82, 2.24) is 0 Å². The van der Waals surface area contributed by atoms with Crippen LogP contribution in [0.15, 0.2) is 23.3 Å². The lowest BCUT2D eigenvalue weighted by Crippen LogP contribution is -2.19. The van der Waals surface area contributed by atoms with E-state index in [1.165, 1.54) is 5.01 Å². The highest BCUT2D eigenvalue weighted by atomic mass is 16.5. The van der Waals surface area contributed by atoms with Crippen LogP contribution in [0.4, 0.5) is 5.69 Å². The van der Waals surface area contributed by atoms with Crippen molar-refractivity contribution in [2.75, 3.05) is 19.2 Å². The monoisotopic (exact) mass is 220 g/mol. The second-order valence-corrected chi connectivity index (χ2v) is 3.25. The van der Waals surface area contributed by atoms with Crippen LogP contribution in [0, 0.1) is 0 Å². The van der Waals surface area contributed by atoms with E-state index in [4.69, 9.17) is 9.47 Å². The number of hydrazone groups is 1. The molecule has 5 nitrogen and oxygen atoms in total. The summed E-state index contributed by atoms with van der Waals surface area (Å²) in [6.45, 7) is 0. The second kappa shape index (κ2) is 4.22. The minimum Gasteiger partial charge on any atom is -0.493 e. The third-order valence-electron chi connectivity index (χ3n) is 2.31. The smallest absolute Gasteiger partial charge is 0.252 e. The maximum Gasteiger partial charge on any atom is 0.252 e. The zero-order valence-corrected chi connectivity index (χ0v) is 9.14. The van der Waals surface area contributed by atoms with Crippen LogP contribution in [0.2, 0.25) is 0 Å². The molecule has 5 heteroatoms. The molecule has 0 spiro atoms. The van der Waals surface area contributed by atoms with E-state index in [1.807, 2.05) is 0 Å². The number of methoxy groups -OCH3 is 2. The Bertz CT molecular complexity index is 443. The zero-order valence-electron chi connectivity index (χ0n) is 9.14. The third-order valence-corrected chi connectivity index (χ3v) is 2.31. The average molecular weight is 220 g/mol. The number of rotatable bonds is 3. The quantitative estimate of drug-likeness (QED) is 0.774. The standard InChI is InChI=1S/C11H12N2O3/c1-15-9-4-3-8(7-10(9)16-2)13-11(14)5-6-12-13/h3-4,6-7H,5H2,1-2H3. The molecule has 0 aliphatic carbocycles. The van der Waals surface area contributed by atoms with Crippen molar-refractivity contribution in [2.24, 2.45) is 5.10 Å². The first-order valence-electron chi connectivity index (χ1n) is 4.83. The molecule has 1 aromatic rings. The van der Waals surface area contributed by atoms with Crippen molar-refractivity contribution in [3.05, 3.63) is 18.2 Å². The van der Waals surface area contributed by atoms with Gasteiger partial charge in [0.05, 0.1) is 26.3 Å². The molecule has 1 amide bonds. The summed E-state index contributed by atoms with van der Waals surface area (Å²) < 4.78 is 10.3. The summed E-state index contributed by atoms with van der Waals surface area (Å²) in [6, 6.07) is 5.23. The molecule has 0 N–H and O–H groups in total. The molecule has 1 aliphatic rings. The van der Waals surface area contributed by atoms with Gasteiger partial charge in [-0.15, -0.1) is 0 Å². The zero-order chi connectivity index (χ0) is 11.5. The number of hydrogen-bond donors (Lipinski definition) is 0. The molecule has 84 valence electrons. The van der Waals surface area contributed by atoms with Gasteiger partial charge in [-0.05, 0) is 12.1 Å². The fraction of sp³-hybridized carbons (Fsp3) is 0.273. The summed E-state index contributed by atoms with van der Waals surface area (Å²) in [5.74, 6) is 1.16. The molecule has 1 heterocycles. The first-order chi connectivity index (χ1) is 7.76. The molecule has 0 fully saturated rings. The minimum atomic E-state index is -0.0489. The van der Waals surface area contributed by atoms with Gasteiger partial charge in [0.1, 0.15) is 0 Å². The predicted molar refractivity (Wildman–Crippen MR) is 60.1 cm³/mol. The van der Waals surface area contributed by atoms with Crippen LogP contribution in [0.1, 0.15) is 6.42 Å². The van der Waals surface area contributed by atoms with E-state index in [-0.39, 0.29) is 5.91 Å². The normalized spacial score (nSPS) is 14.4. The summed E-state index contributed by atoms with van der Waals surface area (Å²) in [5, 5.41) is 5.33. The molecular weight excluding hydrogens is 208 g/mol. The van der Waals surface area contributed by atoms with Crippen LogP contribution in [-0.2, 0) is 4.79 Å². The minimum absolute atomic E-state index is 0.0489. The number of carbonyl (C=O) groups excluding carboxylic acids is 1. The highest BCUT2D eigenvalue weighted by molar-refractivity contribution is 6.05. The van der Waals surface area contributed by atoms with E-state index in [0.29, 0.717) is 23.6 Å². The van der Waals surface area contributed by atoms with Gasteiger partial charge < -0.3 is 9.47 Å². The predicted octanol–water partition coefficient (Wildman–Crippen LogP) is 1.43. The van der Waals surface area contributed by atoms with E-state index < -0.39 is 0 Å². The lowest BCUT2D eigenvalue weighted by atomic mass is 10.2. The number of benzene rings is 1. The Hall–Kier alpha value is -2.04. The molecule has 1 aromatic carbocycles. The topological polar surface area (TPSA) is 51.1 Å². The fourth-order valence-electron chi connectivity index (χ4n) is 1.52. The highest BCUT2D eigenvalue weighted by Gasteiger charge is 2.19. The van der Waals surface area contributed by atoms with Crippen LogP contribution >= 0.6 is 0 Å². The van der Waals surface area contributed by atoms with Gasteiger partial charge in [-0.25, -0.2) is 5.01 Å². The number of nitrogens with zero attached hydrogens (tertiary/aromatic N) is 2. The summed E-state index contributed by atoms with van der Waals surface area (Å²) in [4.78, 5) is 11.5. The Morgan fingerprint density at radius 3 is 2.56 bits per heavy atom. The van der Waals surface area contributed by atoms with E-state index >= 15 is 0 Å². The summed E-state index contributed by atoms with van der Waals surface area (Å²) in [5.41, 5.74) is 0.677. The number of amides is 1. The molecule has 0 radical (unpaired) electrons. The average Bonchev–Trinajstić information content (AvgIpc) is 2.74. The lowest BCUT2D eigenvalue weighted by Gasteiger charge is -2.14.